The van der Waals surface area contributed by atoms with Gasteiger partial charge in [0.15, 0.2) is 0 Å². The van der Waals surface area contributed by atoms with Crippen molar-refractivity contribution in [3.8, 4) is 0 Å². The number of hydrogen-bond donors (Lipinski definition) is 2. The van der Waals surface area contributed by atoms with Gasteiger partial charge in [0.05, 0.1) is 0 Å². The molecule has 2 atom stereocenters. The van der Waals surface area contributed by atoms with Crippen LogP contribution in [0.25, 0.3) is 0 Å². The molecule has 5 nitrogen and oxygen atoms in total. The average molecular weight is 479 g/mol. The van der Waals surface area contributed by atoms with Crippen LogP contribution in [0.5, 0.6) is 0 Å². The van der Waals surface area contributed by atoms with Crippen LogP contribution in [0.1, 0.15) is 56.2 Å². The van der Waals surface area contributed by atoms with Crippen LogP contribution < -0.4 is 8.83 Å². The van der Waals surface area contributed by atoms with Crippen LogP contribution in [0, 0.1) is 5.82 Å². The molecule has 0 bridgehead atoms. The fraction of sp³-hybridized carbons (Fsp3) is 0.500. The zero-order chi connectivity index (χ0) is 18.8. The van der Waals surface area contributed by atoms with Gasteiger partial charge in [0.25, 0.3) is 0 Å². The van der Waals surface area contributed by atoms with Gasteiger partial charge in [-0.1, -0.05) is 6.92 Å². The number of hydrogen-bond acceptors (Lipinski definition) is 4. The normalized spacial score (nSPS) is 21.3. The number of aromatic amines is 1. The van der Waals surface area contributed by atoms with Crippen molar-refractivity contribution in [2.75, 3.05) is 5.32 Å². The topological polar surface area (TPSA) is 67.0 Å². The number of aromatic nitrogens is 2. The van der Waals surface area contributed by atoms with E-state index >= 15 is 0 Å². The van der Waals surface area contributed by atoms with Crippen molar-refractivity contribution in [2.24, 2.45) is 0 Å². The van der Waals surface area contributed by atoms with Gasteiger partial charge in [0.1, 0.15) is 0 Å². The SMILES string of the molecule is CCCC(=O)OC1CCC(c2cc(Nc3cc[c]4c(c3F)C[CH2][Sb]4)n[nH]2)C1. The molecular formula is C20H24FN3O2Sb. The number of anilines is 2. The van der Waals surface area contributed by atoms with E-state index in [0.717, 1.165) is 43.4 Å². The Hall–Kier alpha value is -1.55. The number of esters is 1. The third-order valence-electron chi connectivity index (χ3n) is 5.30. The van der Waals surface area contributed by atoms with Gasteiger partial charge in [0.2, 0.25) is 0 Å². The zero-order valence-corrected chi connectivity index (χ0v) is 18.0. The molecule has 0 spiro atoms. The van der Waals surface area contributed by atoms with Crippen molar-refractivity contribution in [1.82, 2.24) is 10.2 Å². The number of ether oxygens (including phenoxy) is 1. The molecule has 0 saturated heterocycles. The van der Waals surface area contributed by atoms with E-state index in [4.69, 9.17) is 4.74 Å². The number of nitrogens with one attached hydrogen (secondary N) is 2. The summed E-state index contributed by atoms with van der Waals surface area (Å²) >= 11 is -0.363. The van der Waals surface area contributed by atoms with E-state index in [9.17, 15) is 9.18 Å². The molecule has 27 heavy (non-hydrogen) atoms. The van der Waals surface area contributed by atoms with E-state index in [-0.39, 0.29) is 39.5 Å². The molecule has 0 amide bonds. The van der Waals surface area contributed by atoms with E-state index < -0.39 is 0 Å². The Balaban J connectivity index is 1.39. The van der Waals surface area contributed by atoms with Gasteiger partial charge >= 0.3 is 145 Å². The van der Waals surface area contributed by atoms with Gasteiger partial charge in [-0.3, -0.25) is 4.79 Å². The van der Waals surface area contributed by atoms with Crippen molar-refractivity contribution >= 4 is 42.6 Å². The molecule has 2 heterocycles. The van der Waals surface area contributed by atoms with Gasteiger partial charge in [-0.05, 0) is 6.42 Å². The third kappa shape index (κ3) is 4.16. The molecule has 4 rings (SSSR count). The van der Waals surface area contributed by atoms with Crippen molar-refractivity contribution < 1.29 is 13.9 Å². The Morgan fingerprint density at radius 2 is 2.33 bits per heavy atom. The minimum atomic E-state index is -0.363. The molecular weight excluding hydrogens is 455 g/mol. The quantitative estimate of drug-likeness (QED) is 0.492. The van der Waals surface area contributed by atoms with Crippen LogP contribution in [0.3, 0.4) is 0 Å². The number of rotatable bonds is 6. The molecule has 2 aromatic rings. The zero-order valence-electron chi connectivity index (χ0n) is 15.4. The molecule has 7 heteroatoms. The van der Waals surface area contributed by atoms with Gasteiger partial charge < -0.3 is 0 Å². The van der Waals surface area contributed by atoms with Crippen LogP contribution >= 0.6 is 0 Å². The van der Waals surface area contributed by atoms with Crippen LogP contribution in [-0.2, 0) is 16.0 Å². The van der Waals surface area contributed by atoms with Crippen LogP contribution in [0.15, 0.2) is 18.2 Å². The van der Waals surface area contributed by atoms with E-state index in [1.807, 2.05) is 19.1 Å². The van der Waals surface area contributed by atoms with E-state index in [1.165, 1.54) is 7.88 Å². The maximum absolute atomic E-state index is 14.7. The predicted octanol–water partition coefficient (Wildman–Crippen LogP) is 3.58. The van der Waals surface area contributed by atoms with Crippen LogP contribution in [0.2, 0.25) is 4.37 Å². The maximum atomic E-state index is 14.7. The summed E-state index contributed by atoms with van der Waals surface area (Å²) in [6.07, 6.45) is 4.82. The van der Waals surface area contributed by atoms with Crippen LogP contribution in [-0.4, -0.2) is 43.9 Å². The third-order valence-corrected chi connectivity index (χ3v) is 8.74. The first-order valence-electron chi connectivity index (χ1n) is 9.64. The number of halogens is 1. The first-order valence-corrected chi connectivity index (χ1v) is 12.7. The molecule has 143 valence electrons. The molecule has 1 aliphatic carbocycles. The van der Waals surface area contributed by atoms with Crippen molar-refractivity contribution in [2.45, 2.75) is 61.8 Å². The standard InChI is InChI=1S/C20H24FN3O2.Sb/c1-3-6-19(25)26-15-10-9-14(11-15)17-12-18(24-23-17)22-16-8-5-7-13(4-2)20(16)21;/h5,8,12,14-15H,2-4,6,9-11H2,1H3,(H2,22,23,24);. The van der Waals surface area contributed by atoms with E-state index in [0.29, 0.717) is 23.8 Å². The fourth-order valence-corrected chi connectivity index (χ4v) is 7.21. The van der Waals surface area contributed by atoms with E-state index in [1.54, 1.807) is 0 Å². The van der Waals surface area contributed by atoms with Crippen molar-refractivity contribution in [3.63, 3.8) is 0 Å². The van der Waals surface area contributed by atoms with Gasteiger partial charge in [-0.25, -0.2) is 0 Å². The summed E-state index contributed by atoms with van der Waals surface area (Å²) in [6, 6.07) is 5.86. The minimum absolute atomic E-state index is 0.00702. The Morgan fingerprint density at radius 3 is 3.19 bits per heavy atom. The summed E-state index contributed by atoms with van der Waals surface area (Å²) in [5.41, 5.74) is 2.42. The van der Waals surface area contributed by atoms with E-state index in [2.05, 4.69) is 21.6 Å². The van der Waals surface area contributed by atoms with Crippen molar-refractivity contribution in [3.05, 3.63) is 35.3 Å². The van der Waals surface area contributed by atoms with Gasteiger partial charge in [0, 0.05) is 6.42 Å². The molecule has 1 aliphatic heterocycles. The molecule has 1 aromatic heterocycles. The first kappa shape index (κ1) is 18.8. The monoisotopic (exact) mass is 478 g/mol. The number of fused-ring (bicyclic) bond motifs is 1. The molecule has 2 N–H and O–H groups in total. The fourth-order valence-electron chi connectivity index (χ4n) is 3.91. The Morgan fingerprint density at radius 1 is 1.44 bits per heavy atom. The van der Waals surface area contributed by atoms with Crippen LogP contribution in [0.4, 0.5) is 15.9 Å². The number of nitrogens with zero attached hydrogens (tertiary/aromatic N) is 1. The molecule has 1 fully saturated rings. The second-order valence-corrected chi connectivity index (χ2v) is 10.8. The average Bonchev–Trinajstić information content (AvgIpc) is 3.38. The molecule has 1 saturated carbocycles. The molecule has 1 aromatic carbocycles. The summed E-state index contributed by atoms with van der Waals surface area (Å²) < 4.78 is 22.6. The molecule has 1 radical (unpaired) electrons. The number of H-pyrrole nitrogens is 1. The summed E-state index contributed by atoms with van der Waals surface area (Å²) in [6.45, 7) is 1.98. The number of carbonyl (C=O) groups excluding carboxylic acids is 1. The number of carbonyl (C=O) groups is 1. The Kier molecular flexibility index (Phi) is 5.72. The van der Waals surface area contributed by atoms with Gasteiger partial charge in [-0.2, -0.15) is 0 Å². The molecule has 2 unspecified atom stereocenters. The predicted molar refractivity (Wildman–Crippen MR) is 104 cm³/mol. The second-order valence-electron chi connectivity index (χ2n) is 7.26. The second kappa shape index (κ2) is 8.22. The summed E-state index contributed by atoms with van der Waals surface area (Å²) in [5, 5.41) is 10.5. The first-order chi connectivity index (χ1) is 13.1. The van der Waals surface area contributed by atoms with Crippen molar-refractivity contribution in [1.29, 1.82) is 0 Å². The summed E-state index contributed by atoms with van der Waals surface area (Å²) in [7, 11) is 0. The Bertz CT molecular complexity index is 839. The Labute approximate surface area is 169 Å². The summed E-state index contributed by atoms with van der Waals surface area (Å²) in [4.78, 5) is 11.7. The summed E-state index contributed by atoms with van der Waals surface area (Å²) in [5.74, 6) is 0.703. The molecule has 2 aliphatic rings. The van der Waals surface area contributed by atoms with Gasteiger partial charge in [-0.15, -0.1) is 0 Å². The number of benzene rings is 1.